The number of carboxylic acids is 1. The maximum Gasteiger partial charge on any atom is 0.416 e. The second kappa shape index (κ2) is 8.32. The number of benzene rings is 2. The highest BCUT2D eigenvalue weighted by molar-refractivity contribution is 6.08. The first kappa shape index (κ1) is 23.0. The molecule has 176 valence electrons. The van der Waals surface area contributed by atoms with Crippen molar-refractivity contribution in [1.82, 2.24) is 9.55 Å². The molecule has 2 heterocycles. The zero-order valence-electron chi connectivity index (χ0n) is 17.0. The van der Waals surface area contributed by atoms with Gasteiger partial charge in [0.15, 0.2) is 0 Å². The van der Waals surface area contributed by atoms with E-state index in [1.807, 2.05) is 0 Å². The number of aromatic amines is 1. The molecule has 12 heteroatoms. The molecule has 0 aliphatic rings. The molecule has 4 N–H and O–H groups in total. The summed E-state index contributed by atoms with van der Waals surface area (Å²) in [6.45, 7) is -0.498. The second-order valence-corrected chi connectivity index (χ2v) is 7.32. The van der Waals surface area contributed by atoms with E-state index in [4.69, 9.17) is 0 Å². The average Bonchev–Trinajstić information content (AvgIpc) is 3.08. The third kappa shape index (κ3) is 4.00. The number of carbonyl (C=O) groups is 1. The summed E-state index contributed by atoms with van der Waals surface area (Å²) >= 11 is 0. The Morgan fingerprint density at radius 2 is 1.82 bits per heavy atom. The predicted molar refractivity (Wildman–Crippen MR) is 112 cm³/mol. The molecule has 0 radical (unpaired) electrons. The van der Waals surface area contributed by atoms with Gasteiger partial charge < -0.3 is 14.7 Å². The number of nitrogens with one attached hydrogen (secondary N) is 1. The van der Waals surface area contributed by atoms with Gasteiger partial charge in [-0.2, -0.15) is 13.2 Å². The van der Waals surface area contributed by atoms with Crippen LogP contribution in [0.2, 0.25) is 0 Å². The Balaban J connectivity index is 2.08. The number of carboxylic acid groups (broad SMARTS) is 1. The zero-order chi connectivity index (χ0) is 24.8. The number of rotatable bonds is 5. The number of aromatic carboxylic acids is 1. The Morgan fingerprint density at radius 3 is 2.44 bits per heavy atom. The number of fused-ring (bicyclic) bond motifs is 1. The summed E-state index contributed by atoms with van der Waals surface area (Å²) in [5.74, 6) is -2.39. The molecule has 0 fully saturated rings. The minimum Gasteiger partial charge on any atom is -0.477 e. The Labute approximate surface area is 187 Å². The van der Waals surface area contributed by atoms with Crippen molar-refractivity contribution in [2.24, 2.45) is 0 Å². The van der Waals surface area contributed by atoms with Gasteiger partial charge in [-0.05, 0) is 48.5 Å². The van der Waals surface area contributed by atoms with Crippen molar-refractivity contribution in [2.45, 2.75) is 12.7 Å². The van der Waals surface area contributed by atoms with Gasteiger partial charge in [-0.1, -0.05) is 0 Å². The Kier molecular flexibility index (Phi) is 5.63. The third-order valence-electron chi connectivity index (χ3n) is 5.27. The molecule has 0 saturated carbocycles. The number of nitrogens with zero attached hydrogens (tertiary/aromatic N) is 2. The van der Waals surface area contributed by atoms with Crippen LogP contribution in [0.1, 0.15) is 21.6 Å². The van der Waals surface area contributed by atoms with Crippen LogP contribution in [-0.2, 0) is 12.7 Å². The molecule has 4 aromatic rings. The van der Waals surface area contributed by atoms with Crippen molar-refractivity contribution in [3.8, 4) is 11.1 Å². The molecule has 4 rings (SSSR count). The van der Waals surface area contributed by atoms with Gasteiger partial charge in [0.25, 0.3) is 5.56 Å². The van der Waals surface area contributed by atoms with Gasteiger partial charge in [-0.25, -0.2) is 9.18 Å². The number of hydrogen-bond donors (Lipinski definition) is 4. The van der Waals surface area contributed by atoms with E-state index in [-0.39, 0.29) is 38.5 Å². The van der Waals surface area contributed by atoms with E-state index in [0.717, 1.165) is 41.0 Å². The Hall–Kier alpha value is -4.16. The minimum absolute atomic E-state index is 0.00157. The van der Waals surface area contributed by atoms with Gasteiger partial charge in [-0.3, -0.25) is 15.2 Å². The van der Waals surface area contributed by atoms with E-state index >= 15 is 0 Å². The number of pyridine rings is 1. The van der Waals surface area contributed by atoms with Crippen LogP contribution in [0, 0.1) is 5.82 Å². The quantitative estimate of drug-likeness (QED) is 0.249. The SMILES string of the molecule is O=C(O)c1c(-c2ccc[nH]c2=O)c2cc(C(F)(F)F)ccc2n1Cc1cc(N(O)O)ccc1F. The summed E-state index contributed by atoms with van der Waals surface area (Å²) < 4.78 is 55.8. The van der Waals surface area contributed by atoms with Crippen molar-refractivity contribution >= 4 is 22.6 Å². The van der Waals surface area contributed by atoms with Crippen molar-refractivity contribution in [2.75, 3.05) is 5.23 Å². The molecule has 0 amide bonds. The van der Waals surface area contributed by atoms with E-state index in [1.54, 1.807) is 0 Å². The van der Waals surface area contributed by atoms with Crippen LogP contribution in [-0.4, -0.2) is 31.0 Å². The van der Waals surface area contributed by atoms with Crippen LogP contribution >= 0.6 is 0 Å². The first-order chi connectivity index (χ1) is 16.0. The summed E-state index contributed by atoms with van der Waals surface area (Å²) in [6.07, 6.45) is -3.46. The van der Waals surface area contributed by atoms with Crippen LogP contribution in [0.25, 0.3) is 22.0 Å². The first-order valence-electron chi connectivity index (χ1n) is 9.60. The highest BCUT2D eigenvalue weighted by atomic mass is 19.4. The number of H-pyrrole nitrogens is 1. The van der Waals surface area contributed by atoms with Gasteiger partial charge in [0.05, 0.1) is 17.8 Å². The molecule has 2 aromatic heterocycles. The number of alkyl halides is 3. The van der Waals surface area contributed by atoms with E-state index in [2.05, 4.69) is 4.98 Å². The lowest BCUT2D eigenvalue weighted by Crippen LogP contribution is -2.15. The molecule has 34 heavy (non-hydrogen) atoms. The average molecular weight is 477 g/mol. The highest BCUT2D eigenvalue weighted by Crippen LogP contribution is 2.38. The summed E-state index contributed by atoms with van der Waals surface area (Å²) in [6, 6.07) is 8.18. The van der Waals surface area contributed by atoms with Gasteiger partial charge in [0.2, 0.25) is 0 Å². The molecular formula is C22H15F4N3O5. The van der Waals surface area contributed by atoms with Gasteiger partial charge in [0, 0.05) is 33.8 Å². The number of aromatic nitrogens is 2. The molecule has 0 bridgehead atoms. The molecule has 0 aliphatic carbocycles. The lowest BCUT2D eigenvalue weighted by atomic mass is 10.0. The zero-order valence-corrected chi connectivity index (χ0v) is 17.0. The van der Waals surface area contributed by atoms with E-state index in [0.29, 0.717) is 0 Å². The molecule has 0 unspecified atom stereocenters. The van der Waals surface area contributed by atoms with Crippen molar-refractivity contribution in [1.29, 1.82) is 0 Å². The summed E-state index contributed by atoms with van der Waals surface area (Å²) in [7, 11) is 0. The summed E-state index contributed by atoms with van der Waals surface area (Å²) in [5.41, 5.74) is -3.20. The monoisotopic (exact) mass is 477 g/mol. The van der Waals surface area contributed by atoms with Crippen LogP contribution in [0.3, 0.4) is 0 Å². The Bertz CT molecular complexity index is 1470. The second-order valence-electron chi connectivity index (χ2n) is 7.32. The highest BCUT2D eigenvalue weighted by Gasteiger charge is 2.33. The topological polar surface area (TPSA) is 119 Å². The fourth-order valence-electron chi connectivity index (χ4n) is 3.79. The fraction of sp³-hybridized carbons (Fsp3) is 0.0909. The molecule has 2 aromatic carbocycles. The van der Waals surface area contributed by atoms with Crippen molar-refractivity contribution in [3.63, 3.8) is 0 Å². The summed E-state index contributed by atoms with van der Waals surface area (Å²) in [5, 5.41) is 28.0. The molecule has 0 aliphatic heterocycles. The Morgan fingerprint density at radius 1 is 1.09 bits per heavy atom. The number of hydrogen-bond acceptors (Lipinski definition) is 5. The summed E-state index contributed by atoms with van der Waals surface area (Å²) in [4.78, 5) is 27.1. The lowest BCUT2D eigenvalue weighted by molar-refractivity contribution is -0.137. The third-order valence-corrected chi connectivity index (χ3v) is 5.27. The maximum absolute atomic E-state index is 14.5. The van der Waals surface area contributed by atoms with Gasteiger partial charge >= 0.3 is 12.1 Å². The fourth-order valence-corrected chi connectivity index (χ4v) is 3.79. The predicted octanol–water partition coefficient (Wildman–Crippen LogP) is 4.49. The number of halogens is 4. The van der Waals surface area contributed by atoms with Crippen LogP contribution in [0.5, 0.6) is 0 Å². The van der Waals surface area contributed by atoms with Crippen LogP contribution in [0.15, 0.2) is 59.5 Å². The standard InChI is InChI=1S/C22H15F4N3O5/c23-16-5-4-13(29(33)34)8-11(16)10-28-17-6-3-12(22(24,25)26)9-15(17)18(19(28)21(31)32)14-2-1-7-27-20(14)30/h1-9,33-34H,10H2,(H,27,30)(H,31,32). The van der Waals surface area contributed by atoms with Crippen LogP contribution in [0.4, 0.5) is 23.2 Å². The van der Waals surface area contributed by atoms with E-state index < -0.39 is 41.3 Å². The molecular weight excluding hydrogens is 462 g/mol. The smallest absolute Gasteiger partial charge is 0.416 e. The van der Waals surface area contributed by atoms with E-state index in [1.165, 1.54) is 18.3 Å². The lowest BCUT2D eigenvalue weighted by Gasteiger charge is -2.13. The first-order valence-corrected chi connectivity index (χ1v) is 9.60. The molecule has 0 spiro atoms. The largest absolute Gasteiger partial charge is 0.477 e. The van der Waals surface area contributed by atoms with Crippen molar-refractivity contribution < 1.29 is 37.9 Å². The maximum atomic E-state index is 14.5. The normalized spacial score (nSPS) is 11.7. The van der Waals surface area contributed by atoms with Gasteiger partial charge in [-0.15, -0.1) is 5.23 Å². The minimum atomic E-state index is -4.74. The van der Waals surface area contributed by atoms with Gasteiger partial charge in [0.1, 0.15) is 11.5 Å². The van der Waals surface area contributed by atoms with Crippen molar-refractivity contribution in [3.05, 3.63) is 87.7 Å². The number of anilines is 1. The van der Waals surface area contributed by atoms with E-state index in [9.17, 15) is 42.7 Å². The van der Waals surface area contributed by atoms with Crippen LogP contribution < -0.4 is 10.8 Å². The molecule has 0 atom stereocenters. The molecule has 0 saturated heterocycles. The molecule has 8 nitrogen and oxygen atoms in total.